The summed E-state index contributed by atoms with van der Waals surface area (Å²) in [6.45, 7) is 4.05. The Morgan fingerprint density at radius 1 is 1.14 bits per heavy atom. The molecule has 3 heterocycles. The predicted molar refractivity (Wildman–Crippen MR) is 112 cm³/mol. The van der Waals surface area contributed by atoms with E-state index in [0.29, 0.717) is 37.9 Å². The normalized spacial score (nSPS) is 18.4. The van der Waals surface area contributed by atoms with Crippen LogP contribution >= 0.6 is 11.8 Å². The Bertz CT molecular complexity index is 989. The molecule has 1 saturated heterocycles. The van der Waals surface area contributed by atoms with Crippen molar-refractivity contribution in [3.63, 3.8) is 0 Å². The fourth-order valence-electron chi connectivity index (χ4n) is 3.54. The Labute approximate surface area is 175 Å². The van der Waals surface area contributed by atoms with Gasteiger partial charge >= 0.3 is 0 Å². The minimum atomic E-state index is -3.56. The van der Waals surface area contributed by atoms with Crippen LogP contribution in [0.1, 0.15) is 12.5 Å². The van der Waals surface area contributed by atoms with E-state index < -0.39 is 10.0 Å². The number of carbonyl (C=O) groups is 1. The maximum Gasteiger partial charge on any atom is 0.244 e. The number of fused-ring (bicyclic) bond motifs is 1. The van der Waals surface area contributed by atoms with Crippen molar-refractivity contribution in [2.75, 3.05) is 37.7 Å². The molecular formula is C20H23N3O4S2. The van der Waals surface area contributed by atoms with Crippen LogP contribution in [0.5, 0.6) is 0 Å². The van der Waals surface area contributed by atoms with E-state index in [1.807, 2.05) is 30.0 Å². The largest absolute Gasteiger partial charge is 0.379 e. The molecule has 9 heteroatoms. The quantitative estimate of drug-likeness (QED) is 0.673. The summed E-state index contributed by atoms with van der Waals surface area (Å²) in [7, 11) is -3.56. The first kappa shape index (κ1) is 20.3. The summed E-state index contributed by atoms with van der Waals surface area (Å²) < 4.78 is 32.0. The highest BCUT2D eigenvalue weighted by Gasteiger charge is 2.29. The third-order valence-electron chi connectivity index (χ3n) is 5.12. The molecule has 0 bridgehead atoms. The van der Waals surface area contributed by atoms with Crippen LogP contribution in [-0.2, 0) is 26.0 Å². The van der Waals surface area contributed by atoms with Crippen LogP contribution in [0.3, 0.4) is 0 Å². The van der Waals surface area contributed by atoms with Gasteiger partial charge in [0, 0.05) is 31.5 Å². The molecule has 2 aromatic rings. The maximum absolute atomic E-state index is 12.9. The minimum Gasteiger partial charge on any atom is -0.379 e. The fraction of sp³-hybridized carbons (Fsp3) is 0.400. The molecule has 1 aromatic carbocycles. The number of aromatic nitrogens is 1. The zero-order valence-corrected chi connectivity index (χ0v) is 17.8. The van der Waals surface area contributed by atoms with Gasteiger partial charge in [0.2, 0.25) is 15.9 Å². The number of hydrogen-bond acceptors (Lipinski definition) is 6. The zero-order chi connectivity index (χ0) is 20.4. The molecule has 0 radical (unpaired) electrons. The van der Waals surface area contributed by atoms with E-state index in [1.165, 1.54) is 27.8 Å². The van der Waals surface area contributed by atoms with Crippen LogP contribution < -0.4 is 4.90 Å². The number of hydrogen-bond donors (Lipinski definition) is 0. The van der Waals surface area contributed by atoms with Crippen LogP contribution in [0.15, 0.2) is 52.5 Å². The molecule has 2 aliphatic rings. The summed E-state index contributed by atoms with van der Waals surface area (Å²) in [5.41, 5.74) is 2.17. The highest BCUT2D eigenvalue weighted by atomic mass is 32.2. The number of rotatable bonds is 5. The van der Waals surface area contributed by atoms with Gasteiger partial charge in [0.25, 0.3) is 0 Å². The van der Waals surface area contributed by atoms with Crippen LogP contribution in [0.4, 0.5) is 5.69 Å². The van der Waals surface area contributed by atoms with Crippen LogP contribution in [-0.4, -0.2) is 61.7 Å². The second-order valence-electron chi connectivity index (χ2n) is 6.98. The van der Waals surface area contributed by atoms with Gasteiger partial charge in [-0.1, -0.05) is 30.0 Å². The first-order valence-corrected chi connectivity index (χ1v) is 11.9. The highest BCUT2D eigenvalue weighted by Crippen LogP contribution is 2.31. The Kier molecular flexibility index (Phi) is 5.91. The van der Waals surface area contributed by atoms with Crippen molar-refractivity contribution < 1.29 is 17.9 Å². The lowest BCUT2D eigenvalue weighted by molar-refractivity contribution is -0.117. The molecule has 0 aliphatic carbocycles. The van der Waals surface area contributed by atoms with Gasteiger partial charge in [0.1, 0.15) is 4.90 Å². The second-order valence-corrected chi connectivity index (χ2v) is 10.3. The molecule has 29 heavy (non-hydrogen) atoms. The summed E-state index contributed by atoms with van der Waals surface area (Å²) in [5, 5.41) is 0.301. The van der Waals surface area contributed by atoms with E-state index in [9.17, 15) is 13.2 Å². The Morgan fingerprint density at radius 3 is 2.62 bits per heavy atom. The Balaban J connectivity index is 1.43. The number of benzene rings is 1. The summed E-state index contributed by atoms with van der Waals surface area (Å²) in [4.78, 5) is 19.2. The maximum atomic E-state index is 12.9. The van der Waals surface area contributed by atoms with E-state index >= 15 is 0 Å². The number of pyridine rings is 1. The third kappa shape index (κ3) is 4.18. The van der Waals surface area contributed by atoms with Crippen molar-refractivity contribution in [2.45, 2.75) is 28.5 Å². The average Bonchev–Trinajstić information content (AvgIpc) is 3.18. The van der Waals surface area contributed by atoms with Gasteiger partial charge < -0.3 is 9.64 Å². The van der Waals surface area contributed by atoms with Gasteiger partial charge in [-0.2, -0.15) is 4.31 Å². The van der Waals surface area contributed by atoms with Crippen LogP contribution in [0, 0.1) is 0 Å². The molecule has 2 aliphatic heterocycles. The Morgan fingerprint density at radius 2 is 1.90 bits per heavy atom. The van der Waals surface area contributed by atoms with Gasteiger partial charge in [0.15, 0.2) is 0 Å². The number of carbonyl (C=O) groups excluding carboxylic acids is 1. The lowest BCUT2D eigenvalue weighted by atomic mass is 10.2. The van der Waals surface area contributed by atoms with Crippen molar-refractivity contribution in [3.05, 3.63) is 48.2 Å². The number of thioether (sulfide) groups is 1. The lowest BCUT2D eigenvalue weighted by Gasteiger charge is -2.26. The number of sulfonamides is 1. The zero-order valence-electron chi connectivity index (χ0n) is 16.2. The van der Waals surface area contributed by atoms with E-state index in [2.05, 4.69) is 11.1 Å². The lowest BCUT2D eigenvalue weighted by Crippen LogP contribution is -2.40. The summed E-state index contributed by atoms with van der Waals surface area (Å²) in [5.74, 6) is 0.0340. The molecule has 0 spiro atoms. The van der Waals surface area contributed by atoms with E-state index in [4.69, 9.17) is 4.74 Å². The molecule has 154 valence electrons. The molecule has 1 fully saturated rings. The van der Waals surface area contributed by atoms with Gasteiger partial charge in [-0.25, -0.2) is 13.4 Å². The van der Waals surface area contributed by atoms with E-state index in [0.717, 1.165) is 12.1 Å². The average molecular weight is 434 g/mol. The topological polar surface area (TPSA) is 79.8 Å². The fourth-order valence-corrected chi connectivity index (χ4v) is 5.75. The van der Waals surface area contributed by atoms with Crippen molar-refractivity contribution in [3.8, 4) is 0 Å². The first-order chi connectivity index (χ1) is 14.0. The van der Waals surface area contributed by atoms with Gasteiger partial charge in [-0.3, -0.25) is 4.79 Å². The number of morpholine rings is 1. The van der Waals surface area contributed by atoms with Gasteiger partial charge in [-0.15, -0.1) is 0 Å². The molecule has 1 aromatic heterocycles. The first-order valence-electron chi connectivity index (χ1n) is 9.57. The Hall–Kier alpha value is -1.94. The van der Waals surface area contributed by atoms with Gasteiger partial charge in [-0.05, 0) is 37.1 Å². The standard InChI is InChI=1S/C20H23N3O4S2/c1-15(20(24)23-9-8-16-4-2-3-5-18(16)23)28-19-7-6-17(14-21-19)29(25,26)22-10-12-27-13-11-22/h2-7,14-15H,8-13H2,1H3. The molecule has 4 rings (SSSR count). The molecule has 1 atom stereocenters. The van der Waals surface area contributed by atoms with Crippen molar-refractivity contribution in [1.82, 2.24) is 9.29 Å². The van der Waals surface area contributed by atoms with Crippen molar-refractivity contribution in [1.29, 1.82) is 0 Å². The van der Waals surface area contributed by atoms with Crippen molar-refractivity contribution in [2.24, 2.45) is 0 Å². The SMILES string of the molecule is CC(Sc1ccc(S(=O)(=O)N2CCOCC2)cn1)C(=O)N1CCc2ccccc21. The number of anilines is 1. The van der Waals surface area contributed by atoms with E-state index in [-0.39, 0.29) is 16.1 Å². The summed E-state index contributed by atoms with van der Waals surface area (Å²) in [6.07, 6.45) is 2.24. The minimum absolute atomic E-state index is 0.0340. The highest BCUT2D eigenvalue weighted by molar-refractivity contribution is 8.00. The molecule has 0 saturated carbocycles. The number of ether oxygens (including phenoxy) is 1. The molecular weight excluding hydrogens is 410 g/mol. The van der Waals surface area contributed by atoms with E-state index in [1.54, 1.807) is 12.1 Å². The summed E-state index contributed by atoms with van der Waals surface area (Å²) in [6, 6.07) is 11.2. The molecule has 0 N–H and O–H groups in total. The van der Waals surface area contributed by atoms with Crippen molar-refractivity contribution >= 4 is 33.4 Å². The van der Waals surface area contributed by atoms with Crippen LogP contribution in [0.2, 0.25) is 0 Å². The molecule has 1 amide bonds. The molecule has 7 nitrogen and oxygen atoms in total. The predicted octanol–water partition coefficient (Wildman–Crippen LogP) is 2.17. The number of para-hydroxylation sites is 1. The number of amides is 1. The molecule has 1 unspecified atom stereocenters. The monoisotopic (exact) mass is 433 g/mol. The third-order valence-corrected chi connectivity index (χ3v) is 8.04. The van der Waals surface area contributed by atoms with Gasteiger partial charge in [0.05, 0.1) is 23.5 Å². The second kappa shape index (κ2) is 8.43. The smallest absolute Gasteiger partial charge is 0.244 e. The summed E-state index contributed by atoms with van der Waals surface area (Å²) >= 11 is 1.34. The number of nitrogens with zero attached hydrogens (tertiary/aromatic N) is 3. The van der Waals surface area contributed by atoms with Crippen LogP contribution in [0.25, 0.3) is 0 Å².